The highest BCUT2D eigenvalue weighted by Gasteiger charge is 2.51. The Kier molecular flexibility index (Phi) is 14.7. The standard InChI is InChI=1S/C39H46O13/c1-25(40)45-24-33-35(49-27(3)42)31(48-26(2)41)19-34(50-33)52-36-32(23-44-20-28-13-7-4-8-14-28)51-39(43)38(47-22-30-17-11-6-12-18-30)37(36)46-21-29-15-9-5-10-16-29/h4-18,31-39,43H,19-24H2,1-3H3/t31-,32-,33-,34+,35+,36-,37+,38-,39+/m1/s1. The summed E-state index contributed by atoms with van der Waals surface area (Å²) in [6.07, 6.45) is -9.63. The second-order valence-corrected chi connectivity index (χ2v) is 12.6. The molecule has 2 fully saturated rings. The predicted octanol–water partition coefficient (Wildman–Crippen LogP) is 4.02. The van der Waals surface area contributed by atoms with Crippen molar-refractivity contribution in [3.63, 3.8) is 0 Å². The lowest BCUT2D eigenvalue weighted by Crippen LogP contribution is -2.63. The van der Waals surface area contributed by atoms with Crippen LogP contribution in [-0.2, 0) is 76.8 Å². The van der Waals surface area contributed by atoms with E-state index in [0.717, 1.165) is 16.7 Å². The van der Waals surface area contributed by atoms with Crippen molar-refractivity contribution in [3.8, 4) is 0 Å². The first-order valence-corrected chi connectivity index (χ1v) is 17.2. The fourth-order valence-electron chi connectivity index (χ4n) is 6.12. The molecule has 0 bridgehead atoms. The van der Waals surface area contributed by atoms with Gasteiger partial charge in [0.1, 0.15) is 43.2 Å². The normalized spacial score (nSPS) is 27.3. The number of aliphatic hydroxyl groups is 1. The molecular formula is C39H46O13. The molecule has 0 aliphatic carbocycles. The fourth-order valence-corrected chi connectivity index (χ4v) is 6.12. The molecule has 0 unspecified atom stereocenters. The van der Waals surface area contributed by atoms with E-state index in [1.807, 2.05) is 91.0 Å². The quantitative estimate of drug-likeness (QED) is 0.167. The van der Waals surface area contributed by atoms with E-state index in [1.54, 1.807) is 0 Å². The molecule has 5 rings (SSSR count). The number of carbonyl (C=O) groups excluding carboxylic acids is 3. The van der Waals surface area contributed by atoms with Crippen molar-refractivity contribution in [3.05, 3.63) is 108 Å². The molecule has 2 aliphatic rings. The first-order valence-electron chi connectivity index (χ1n) is 17.2. The van der Waals surface area contributed by atoms with Crippen LogP contribution in [0.1, 0.15) is 43.9 Å². The third-order valence-electron chi connectivity index (χ3n) is 8.44. The molecule has 9 atom stereocenters. The smallest absolute Gasteiger partial charge is 0.303 e. The summed E-state index contributed by atoms with van der Waals surface area (Å²) in [4.78, 5) is 36.1. The molecule has 3 aromatic carbocycles. The number of hydrogen-bond donors (Lipinski definition) is 1. The number of rotatable bonds is 16. The summed E-state index contributed by atoms with van der Waals surface area (Å²) >= 11 is 0. The van der Waals surface area contributed by atoms with Gasteiger partial charge in [0.15, 0.2) is 18.7 Å². The Balaban J connectivity index is 1.45. The van der Waals surface area contributed by atoms with Gasteiger partial charge >= 0.3 is 17.9 Å². The molecule has 0 aromatic heterocycles. The highest BCUT2D eigenvalue weighted by Crippen LogP contribution is 2.34. The van der Waals surface area contributed by atoms with Gasteiger partial charge in [-0.2, -0.15) is 0 Å². The minimum Gasteiger partial charge on any atom is -0.463 e. The van der Waals surface area contributed by atoms with Gasteiger partial charge in [0.2, 0.25) is 0 Å². The van der Waals surface area contributed by atoms with E-state index >= 15 is 0 Å². The Labute approximate surface area is 302 Å². The van der Waals surface area contributed by atoms with E-state index in [9.17, 15) is 19.5 Å². The van der Waals surface area contributed by atoms with Gasteiger partial charge in [-0.25, -0.2) is 0 Å². The molecule has 2 saturated heterocycles. The zero-order chi connectivity index (χ0) is 36.9. The minimum absolute atomic E-state index is 0.0136. The molecule has 0 saturated carbocycles. The summed E-state index contributed by atoms with van der Waals surface area (Å²) in [6.45, 7) is 3.90. The molecule has 13 nitrogen and oxygen atoms in total. The Hall–Kier alpha value is -4.21. The van der Waals surface area contributed by atoms with E-state index in [-0.39, 0.29) is 39.5 Å². The number of ether oxygens (including phenoxy) is 9. The molecule has 280 valence electrons. The fraction of sp³-hybridized carbons (Fsp3) is 0.462. The summed E-state index contributed by atoms with van der Waals surface area (Å²) < 4.78 is 54.3. The first-order chi connectivity index (χ1) is 25.2. The average molecular weight is 723 g/mol. The minimum atomic E-state index is -1.43. The first kappa shape index (κ1) is 39.0. The number of hydrogen-bond acceptors (Lipinski definition) is 13. The average Bonchev–Trinajstić information content (AvgIpc) is 3.12. The lowest BCUT2D eigenvalue weighted by molar-refractivity contribution is -0.349. The monoisotopic (exact) mass is 722 g/mol. The molecule has 2 aliphatic heterocycles. The van der Waals surface area contributed by atoms with E-state index in [4.69, 9.17) is 42.6 Å². The second kappa shape index (κ2) is 19.6. The zero-order valence-electron chi connectivity index (χ0n) is 29.4. The molecule has 3 aromatic rings. The third-order valence-corrected chi connectivity index (χ3v) is 8.44. The number of aliphatic hydroxyl groups excluding tert-OH is 1. The number of carbonyl (C=O) groups is 3. The van der Waals surface area contributed by atoms with Gasteiger partial charge in [-0.15, -0.1) is 0 Å². The maximum atomic E-state index is 12.2. The van der Waals surface area contributed by atoms with Crippen molar-refractivity contribution in [1.82, 2.24) is 0 Å². The van der Waals surface area contributed by atoms with Gasteiger partial charge in [-0.05, 0) is 16.7 Å². The van der Waals surface area contributed by atoms with E-state index < -0.39 is 73.2 Å². The van der Waals surface area contributed by atoms with Gasteiger partial charge in [0, 0.05) is 27.2 Å². The van der Waals surface area contributed by atoms with Crippen LogP contribution >= 0.6 is 0 Å². The summed E-state index contributed by atoms with van der Waals surface area (Å²) in [5.74, 6) is -1.85. The number of esters is 3. The SMILES string of the molecule is CC(=O)OC[C@H]1O[C@@H](O[C@H]2[C@H](OCc3ccccc3)[C@@H](OCc3ccccc3)[C@@H](O)O[C@@H]2COCc2ccccc2)C[C@@H](OC(C)=O)[C@@H]1OC(C)=O. The van der Waals surface area contributed by atoms with Crippen molar-refractivity contribution >= 4 is 17.9 Å². The van der Waals surface area contributed by atoms with Crippen LogP contribution in [0.3, 0.4) is 0 Å². The summed E-state index contributed by atoms with van der Waals surface area (Å²) in [5.41, 5.74) is 2.67. The van der Waals surface area contributed by atoms with Crippen molar-refractivity contribution in [1.29, 1.82) is 0 Å². The molecule has 52 heavy (non-hydrogen) atoms. The van der Waals surface area contributed by atoms with Gasteiger partial charge in [0.05, 0.1) is 26.4 Å². The predicted molar refractivity (Wildman–Crippen MR) is 183 cm³/mol. The lowest BCUT2D eigenvalue weighted by Gasteiger charge is -2.47. The van der Waals surface area contributed by atoms with E-state index in [0.29, 0.717) is 0 Å². The molecule has 0 spiro atoms. The van der Waals surface area contributed by atoms with Gasteiger partial charge < -0.3 is 47.7 Å². The Bertz CT molecular complexity index is 1540. The highest BCUT2D eigenvalue weighted by atomic mass is 16.7. The highest BCUT2D eigenvalue weighted by molar-refractivity contribution is 5.67. The Morgan fingerprint density at radius 3 is 1.67 bits per heavy atom. The van der Waals surface area contributed by atoms with Crippen LogP contribution in [0.15, 0.2) is 91.0 Å². The Morgan fingerprint density at radius 1 is 0.615 bits per heavy atom. The van der Waals surface area contributed by atoms with Crippen LogP contribution in [0.4, 0.5) is 0 Å². The summed E-state index contributed by atoms with van der Waals surface area (Å²) in [5, 5.41) is 11.4. The van der Waals surface area contributed by atoms with Gasteiger partial charge in [-0.3, -0.25) is 14.4 Å². The van der Waals surface area contributed by atoms with E-state index in [1.165, 1.54) is 20.8 Å². The zero-order valence-corrected chi connectivity index (χ0v) is 29.4. The molecule has 13 heteroatoms. The van der Waals surface area contributed by atoms with Gasteiger partial charge in [-0.1, -0.05) is 91.0 Å². The maximum absolute atomic E-state index is 12.2. The summed E-state index contributed by atoms with van der Waals surface area (Å²) in [7, 11) is 0. The summed E-state index contributed by atoms with van der Waals surface area (Å²) in [6, 6.07) is 28.5. The topological polar surface area (TPSA) is 155 Å². The second-order valence-electron chi connectivity index (χ2n) is 12.6. The number of benzene rings is 3. The third kappa shape index (κ3) is 11.7. The van der Waals surface area contributed by atoms with Gasteiger partial charge in [0.25, 0.3) is 0 Å². The molecular weight excluding hydrogens is 676 g/mol. The molecule has 1 N–H and O–H groups in total. The van der Waals surface area contributed by atoms with Crippen LogP contribution in [0.5, 0.6) is 0 Å². The molecule has 0 amide bonds. The maximum Gasteiger partial charge on any atom is 0.303 e. The van der Waals surface area contributed by atoms with Crippen LogP contribution in [0.2, 0.25) is 0 Å². The largest absolute Gasteiger partial charge is 0.463 e. The van der Waals surface area contributed by atoms with Crippen molar-refractivity contribution in [2.24, 2.45) is 0 Å². The van der Waals surface area contributed by atoms with Crippen molar-refractivity contribution in [2.45, 2.75) is 102 Å². The van der Waals surface area contributed by atoms with Crippen LogP contribution in [0.25, 0.3) is 0 Å². The molecule has 2 heterocycles. The van der Waals surface area contributed by atoms with Crippen molar-refractivity contribution < 1.29 is 62.1 Å². The molecule has 0 radical (unpaired) electrons. The van der Waals surface area contributed by atoms with E-state index in [2.05, 4.69) is 0 Å². The lowest BCUT2D eigenvalue weighted by atomic mass is 9.97. The Morgan fingerprint density at radius 2 is 1.13 bits per heavy atom. The van der Waals surface area contributed by atoms with Crippen LogP contribution in [0, 0.1) is 0 Å². The van der Waals surface area contributed by atoms with Crippen LogP contribution < -0.4 is 0 Å². The van der Waals surface area contributed by atoms with Crippen molar-refractivity contribution in [2.75, 3.05) is 13.2 Å². The van der Waals surface area contributed by atoms with Crippen LogP contribution in [-0.4, -0.2) is 91.5 Å².